The second-order valence-corrected chi connectivity index (χ2v) is 5.95. The van der Waals surface area contributed by atoms with Crippen molar-refractivity contribution in [2.45, 2.75) is 45.5 Å². The monoisotopic (exact) mass is 361 g/mol. The molecular weight excluding hydrogens is 339 g/mol. The molecule has 0 aromatic heterocycles. The summed E-state index contributed by atoms with van der Waals surface area (Å²) in [5, 5.41) is 2.28. The van der Waals surface area contributed by atoms with Crippen molar-refractivity contribution in [1.82, 2.24) is 5.32 Å². The normalized spacial score (nSPS) is 12.6. The highest BCUT2D eigenvalue weighted by molar-refractivity contribution is 5.81. The van der Waals surface area contributed by atoms with Gasteiger partial charge in [0.1, 0.15) is 12.6 Å². The van der Waals surface area contributed by atoms with Gasteiger partial charge in [-0.15, -0.1) is 0 Å². The predicted molar refractivity (Wildman–Crippen MR) is 84.6 cm³/mol. The Bertz CT molecular complexity index is 547. The Kier molecular flexibility index (Phi) is 8.24. The van der Waals surface area contributed by atoms with Crippen molar-refractivity contribution in [3.8, 4) is 0 Å². The van der Waals surface area contributed by atoms with Crippen LogP contribution >= 0.6 is 0 Å². The number of carbonyl (C=O) groups excluding carboxylic acids is 2. The minimum absolute atomic E-state index is 0.0127. The Morgan fingerprint density at radius 2 is 1.72 bits per heavy atom. The molecule has 0 saturated heterocycles. The van der Waals surface area contributed by atoms with E-state index in [1.54, 1.807) is 24.3 Å². The molecule has 0 aliphatic carbocycles. The highest BCUT2D eigenvalue weighted by atomic mass is 19.4. The number of amides is 1. The van der Waals surface area contributed by atoms with Gasteiger partial charge in [0.2, 0.25) is 0 Å². The number of esters is 1. The molecule has 8 heteroatoms. The first-order valence-electron chi connectivity index (χ1n) is 7.88. The zero-order valence-corrected chi connectivity index (χ0v) is 14.1. The molecule has 0 saturated carbocycles. The minimum Gasteiger partial charge on any atom is -0.455 e. The molecule has 0 fully saturated rings. The molecule has 0 unspecified atom stereocenters. The molecule has 0 radical (unpaired) electrons. The van der Waals surface area contributed by atoms with Crippen molar-refractivity contribution in [3.63, 3.8) is 0 Å². The first kappa shape index (κ1) is 20.8. The molecule has 1 N–H and O–H groups in total. The van der Waals surface area contributed by atoms with Crippen LogP contribution in [0.4, 0.5) is 18.0 Å². The fourth-order valence-corrected chi connectivity index (χ4v) is 1.91. The number of alkyl halides is 3. The Morgan fingerprint density at radius 3 is 2.28 bits per heavy atom. The molecule has 140 valence electrons. The smallest absolute Gasteiger partial charge is 0.422 e. The highest BCUT2D eigenvalue weighted by Gasteiger charge is 2.32. The number of alkyl carbamates (subject to hydrolysis) is 1. The van der Waals surface area contributed by atoms with Crippen molar-refractivity contribution in [1.29, 1.82) is 0 Å². The van der Waals surface area contributed by atoms with Gasteiger partial charge in [0.15, 0.2) is 6.61 Å². The first-order valence-corrected chi connectivity index (χ1v) is 7.88. The Balaban J connectivity index is 2.55. The third-order valence-corrected chi connectivity index (χ3v) is 3.20. The molecule has 0 aliphatic rings. The van der Waals surface area contributed by atoms with E-state index >= 15 is 0 Å². The minimum atomic E-state index is -4.62. The maximum atomic E-state index is 12.2. The van der Waals surface area contributed by atoms with Gasteiger partial charge in [-0.05, 0) is 24.3 Å². The van der Waals surface area contributed by atoms with Crippen molar-refractivity contribution in [2.24, 2.45) is 5.92 Å². The standard InChI is InChI=1S/C17H22F3NO4/c1-12(2)8-9-14(15(22)25-11-17(18,19)20)21-16(23)24-10-13-6-4-3-5-7-13/h3-7,12,14H,8-11H2,1-2H3,(H,21,23)/t14-/m0/s1. The van der Waals surface area contributed by atoms with E-state index in [4.69, 9.17) is 4.74 Å². The second-order valence-electron chi connectivity index (χ2n) is 5.95. The number of hydrogen-bond acceptors (Lipinski definition) is 4. The molecule has 0 spiro atoms. The molecule has 0 aliphatic heterocycles. The summed E-state index contributed by atoms with van der Waals surface area (Å²) in [6.45, 7) is 2.09. The lowest BCUT2D eigenvalue weighted by molar-refractivity contribution is -0.187. The molecule has 25 heavy (non-hydrogen) atoms. The second kappa shape index (κ2) is 9.90. The van der Waals surface area contributed by atoms with Gasteiger partial charge in [0, 0.05) is 0 Å². The third-order valence-electron chi connectivity index (χ3n) is 3.20. The van der Waals surface area contributed by atoms with Crippen molar-refractivity contribution in [2.75, 3.05) is 6.61 Å². The van der Waals surface area contributed by atoms with Crippen LogP contribution in [0.3, 0.4) is 0 Å². The zero-order valence-electron chi connectivity index (χ0n) is 14.1. The van der Waals surface area contributed by atoms with Crippen LogP contribution in [0.15, 0.2) is 30.3 Å². The maximum absolute atomic E-state index is 12.2. The van der Waals surface area contributed by atoms with E-state index in [1.807, 2.05) is 19.9 Å². The van der Waals surface area contributed by atoms with Gasteiger partial charge in [0.05, 0.1) is 0 Å². The number of rotatable bonds is 8. The maximum Gasteiger partial charge on any atom is 0.422 e. The quantitative estimate of drug-likeness (QED) is 0.715. The Morgan fingerprint density at radius 1 is 1.08 bits per heavy atom. The van der Waals surface area contributed by atoms with Crippen LogP contribution in [0.25, 0.3) is 0 Å². The molecule has 0 heterocycles. The van der Waals surface area contributed by atoms with Crippen molar-refractivity contribution in [3.05, 3.63) is 35.9 Å². The molecular formula is C17H22F3NO4. The van der Waals surface area contributed by atoms with Crippen molar-refractivity contribution < 1.29 is 32.2 Å². The molecule has 1 rings (SSSR count). The number of hydrogen-bond donors (Lipinski definition) is 1. The summed E-state index contributed by atoms with van der Waals surface area (Å²) >= 11 is 0. The number of ether oxygens (including phenoxy) is 2. The SMILES string of the molecule is CC(C)CC[C@H](NC(=O)OCc1ccccc1)C(=O)OCC(F)(F)F. The van der Waals surface area contributed by atoms with Gasteiger partial charge in [-0.25, -0.2) is 9.59 Å². The lowest BCUT2D eigenvalue weighted by Gasteiger charge is -2.19. The number of benzene rings is 1. The van der Waals surface area contributed by atoms with E-state index < -0.39 is 30.9 Å². The van der Waals surface area contributed by atoms with Gasteiger partial charge in [-0.2, -0.15) is 13.2 Å². The predicted octanol–water partition coefficient (Wildman–Crippen LogP) is 3.82. The lowest BCUT2D eigenvalue weighted by atomic mass is 10.0. The number of halogens is 3. The summed E-state index contributed by atoms with van der Waals surface area (Å²) < 4.78 is 45.7. The lowest BCUT2D eigenvalue weighted by Crippen LogP contribution is -2.43. The van der Waals surface area contributed by atoms with E-state index in [9.17, 15) is 22.8 Å². The third kappa shape index (κ3) is 9.59. The number of carbonyl (C=O) groups is 2. The van der Waals surface area contributed by atoms with Crippen LogP contribution in [0.2, 0.25) is 0 Å². The van der Waals surface area contributed by atoms with E-state index in [1.165, 1.54) is 0 Å². The summed E-state index contributed by atoms with van der Waals surface area (Å²) in [5.74, 6) is -0.922. The van der Waals surface area contributed by atoms with Crippen LogP contribution in [0.5, 0.6) is 0 Å². The van der Waals surface area contributed by atoms with Crippen LogP contribution in [-0.4, -0.2) is 30.9 Å². The fraction of sp³-hybridized carbons (Fsp3) is 0.529. The first-order chi connectivity index (χ1) is 11.7. The van der Waals surface area contributed by atoms with Crippen LogP contribution in [0, 0.1) is 5.92 Å². The highest BCUT2D eigenvalue weighted by Crippen LogP contribution is 2.16. The Labute approximate surface area is 144 Å². The fourth-order valence-electron chi connectivity index (χ4n) is 1.91. The summed E-state index contributed by atoms with van der Waals surface area (Å²) in [7, 11) is 0. The summed E-state index contributed by atoms with van der Waals surface area (Å²) in [5.41, 5.74) is 0.746. The zero-order chi connectivity index (χ0) is 18.9. The average Bonchev–Trinajstić information content (AvgIpc) is 2.54. The topological polar surface area (TPSA) is 64.6 Å². The van der Waals surface area contributed by atoms with E-state index in [0.717, 1.165) is 5.56 Å². The molecule has 1 aromatic rings. The van der Waals surface area contributed by atoms with Gasteiger partial charge >= 0.3 is 18.2 Å². The van der Waals surface area contributed by atoms with Gasteiger partial charge in [-0.3, -0.25) is 0 Å². The van der Waals surface area contributed by atoms with E-state index in [0.29, 0.717) is 6.42 Å². The number of nitrogens with one attached hydrogen (secondary N) is 1. The average molecular weight is 361 g/mol. The molecule has 0 bridgehead atoms. The van der Waals surface area contributed by atoms with Gasteiger partial charge in [-0.1, -0.05) is 44.2 Å². The largest absolute Gasteiger partial charge is 0.455 e. The van der Waals surface area contributed by atoms with E-state index in [2.05, 4.69) is 10.1 Å². The van der Waals surface area contributed by atoms with Crippen LogP contribution < -0.4 is 5.32 Å². The van der Waals surface area contributed by atoms with Crippen LogP contribution in [0.1, 0.15) is 32.3 Å². The Hall–Kier alpha value is -2.25. The molecule has 1 amide bonds. The van der Waals surface area contributed by atoms with Crippen LogP contribution in [-0.2, 0) is 20.9 Å². The molecule has 5 nitrogen and oxygen atoms in total. The summed E-state index contributed by atoms with van der Waals surface area (Å²) in [6.07, 6.45) is -4.81. The van der Waals surface area contributed by atoms with E-state index in [-0.39, 0.29) is 18.9 Å². The summed E-state index contributed by atoms with van der Waals surface area (Å²) in [4.78, 5) is 23.6. The van der Waals surface area contributed by atoms with Gasteiger partial charge < -0.3 is 14.8 Å². The van der Waals surface area contributed by atoms with Gasteiger partial charge in [0.25, 0.3) is 0 Å². The molecule has 1 aromatic carbocycles. The summed E-state index contributed by atoms with van der Waals surface area (Å²) in [6, 6.07) is 7.67. The molecule has 1 atom stereocenters. The van der Waals surface area contributed by atoms with Crippen molar-refractivity contribution >= 4 is 12.1 Å².